The second-order valence-electron chi connectivity index (χ2n) is 6.72. The summed E-state index contributed by atoms with van der Waals surface area (Å²) in [7, 11) is 1.46. The number of nitrogens with zero attached hydrogens (tertiary/aromatic N) is 1. The zero-order valence-electron chi connectivity index (χ0n) is 19.4. The first-order valence-electron chi connectivity index (χ1n) is 10.4. The minimum atomic E-state index is -0.677. The van der Waals surface area contributed by atoms with Crippen LogP contribution in [0.25, 0.3) is 6.08 Å². The Morgan fingerprint density at radius 2 is 1.76 bits per heavy atom. The highest BCUT2D eigenvalue weighted by atomic mass is 16.5. The van der Waals surface area contributed by atoms with E-state index in [4.69, 9.17) is 28.9 Å². The van der Waals surface area contributed by atoms with E-state index in [-0.39, 0.29) is 43.4 Å². The Hall–Kier alpha value is -4.26. The number of hydrogen-bond donors (Lipinski definition) is 1. The smallest absolute Gasteiger partial charge is 0.355 e. The number of nitrogens with one attached hydrogen (secondary N) is 1. The number of carbonyl (C=O) groups is 3. The van der Waals surface area contributed by atoms with Crippen molar-refractivity contribution in [1.29, 1.82) is 5.26 Å². The molecule has 0 bridgehead atoms. The van der Waals surface area contributed by atoms with E-state index in [1.165, 1.54) is 19.3 Å². The van der Waals surface area contributed by atoms with E-state index in [0.717, 1.165) is 0 Å². The minimum absolute atomic E-state index is 0.0947. The molecule has 0 atom stereocenters. The number of ether oxygens (including phenoxy) is 5. The predicted octanol–water partition coefficient (Wildman–Crippen LogP) is 3.34. The highest BCUT2D eigenvalue weighted by Gasteiger charge is 2.26. The molecule has 1 aromatic carbocycles. The lowest BCUT2D eigenvalue weighted by Gasteiger charge is -2.08. The number of aromatic amines is 1. The number of rotatable bonds is 11. The number of methoxy groups -OCH3 is 1. The Kier molecular flexibility index (Phi) is 9.71. The van der Waals surface area contributed by atoms with Gasteiger partial charge in [-0.05, 0) is 50.1 Å². The van der Waals surface area contributed by atoms with Crippen LogP contribution in [0.3, 0.4) is 0 Å². The van der Waals surface area contributed by atoms with Gasteiger partial charge in [-0.25, -0.2) is 14.4 Å². The summed E-state index contributed by atoms with van der Waals surface area (Å²) in [5, 5.41) is 8.64. The Morgan fingerprint density at radius 3 is 2.41 bits per heavy atom. The molecule has 1 N–H and O–H groups in total. The van der Waals surface area contributed by atoms with E-state index in [0.29, 0.717) is 22.6 Å². The van der Waals surface area contributed by atoms with Gasteiger partial charge >= 0.3 is 17.9 Å². The van der Waals surface area contributed by atoms with Crippen LogP contribution in [0.4, 0.5) is 0 Å². The molecular weight excluding hydrogens is 444 g/mol. The van der Waals surface area contributed by atoms with Gasteiger partial charge in [0.25, 0.3) is 0 Å². The van der Waals surface area contributed by atoms with Crippen molar-refractivity contribution in [3.63, 3.8) is 0 Å². The van der Waals surface area contributed by atoms with Gasteiger partial charge in [0.15, 0.2) is 18.1 Å². The topological polar surface area (TPSA) is 137 Å². The Morgan fingerprint density at radius 1 is 1.06 bits per heavy atom. The van der Waals surface area contributed by atoms with Gasteiger partial charge in [-0.1, -0.05) is 6.07 Å². The molecule has 0 saturated heterocycles. The van der Waals surface area contributed by atoms with Gasteiger partial charge in [0.2, 0.25) is 0 Å². The number of nitriles is 1. The first kappa shape index (κ1) is 26.0. The van der Waals surface area contributed by atoms with E-state index in [9.17, 15) is 14.4 Å². The number of aromatic nitrogens is 1. The summed E-state index contributed by atoms with van der Waals surface area (Å²) in [5.41, 5.74) is 1.42. The fourth-order valence-electron chi connectivity index (χ4n) is 3.03. The van der Waals surface area contributed by atoms with Crippen LogP contribution in [0.15, 0.2) is 24.3 Å². The van der Waals surface area contributed by atoms with Crippen molar-refractivity contribution in [2.75, 3.05) is 26.9 Å². The van der Waals surface area contributed by atoms with Gasteiger partial charge < -0.3 is 28.7 Å². The lowest BCUT2D eigenvalue weighted by molar-refractivity contribution is -0.139. The largest absolute Gasteiger partial charge is 0.493 e. The summed E-state index contributed by atoms with van der Waals surface area (Å²) in [5.74, 6) is -1.14. The molecule has 10 heteroatoms. The SMILES string of the molecule is CCOC(=O)c1[nH]c(COC(=O)/C=C/c2ccc(OCC#N)c(OC)c2)c(C(=O)OCC)c1C. The lowest BCUT2D eigenvalue weighted by atomic mass is 10.1. The molecule has 2 aromatic rings. The molecule has 0 amide bonds. The van der Waals surface area contributed by atoms with Crippen LogP contribution in [-0.2, 0) is 25.6 Å². The van der Waals surface area contributed by atoms with Crippen molar-refractivity contribution in [3.8, 4) is 17.6 Å². The monoisotopic (exact) mass is 470 g/mol. The molecule has 0 aliphatic carbocycles. The molecule has 0 radical (unpaired) electrons. The molecule has 0 aliphatic heterocycles. The third-order valence-corrected chi connectivity index (χ3v) is 4.54. The Balaban J connectivity index is 2.15. The van der Waals surface area contributed by atoms with Crippen molar-refractivity contribution in [2.24, 2.45) is 0 Å². The van der Waals surface area contributed by atoms with E-state index in [2.05, 4.69) is 4.98 Å². The van der Waals surface area contributed by atoms with Crippen molar-refractivity contribution >= 4 is 24.0 Å². The molecular formula is C24H26N2O8. The second kappa shape index (κ2) is 12.7. The third kappa shape index (κ3) is 6.62. The molecule has 0 spiro atoms. The highest BCUT2D eigenvalue weighted by molar-refractivity contribution is 5.98. The summed E-state index contributed by atoms with van der Waals surface area (Å²) >= 11 is 0. The first-order chi connectivity index (χ1) is 16.4. The average molecular weight is 470 g/mol. The summed E-state index contributed by atoms with van der Waals surface area (Å²) in [6.07, 6.45) is 2.71. The van der Waals surface area contributed by atoms with Crippen LogP contribution in [-0.4, -0.2) is 49.8 Å². The molecule has 0 fully saturated rings. The van der Waals surface area contributed by atoms with Gasteiger partial charge in [-0.15, -0.1) is 0 Å². The second-order valence-corrected chi connectivity index (χ2v) is 6.72. The molecule has 1 aromatic heterocycles. The van der Waals surface area contributed by atoms with Crippen molar-refractivity contribution < 1.29 is 38.1 Å². The van der Waals surface area contributed by atoms with Crippen molar-refractivity contribution in [2.45, 2.75) is 27.4 Å². The molecule has 0 unspecified atom stereocenters. The zero-order chi connectivity index (χ0) is 25.1. The normalized spacial score (nSPS) is 10.4. The third-order valence-electron chi connectivity index (χ3n) is 4.54. The van der Waals surface area contributed by atoms with E-state index in [1.54, 1.807) is 39.0 Å². The molecule has 0 saturated carbocycles. The van der Waals surface area contributed by atoms with Crippen LogP contribution in [0.1, 0.15) is 51.5 Å². The summed E-state index contributed by atoms with van der Waals surface area (Å²) in [6.45, 7) is 4.80. The number of hydrogen-bond acceptors (Lipinski definition) is 9. The lowest BCUT2D eigenvalue weighted by Crippen LogP contribution is -2.10. The minimum Gasteiger partial charge on any atom is -0.493 e. The molecule has 0 aliphatic rings. The Labute approximate surface area is 197 Å². The fraction of sp³-hybridized carbons (Fsp3) is 0.333. The van der Waals surface area contributed by atoms with E-state index in [1.807, 2.05) is 6.07 Å². The molecule has 10 nitrogen and oxygen atoms in total. The molecule has 2 rings (SSSR count). The van der Waals surface area contributed by atoms with Crippen molar-refractivity contribution in [1.82, 2.24) is 4.98 Å². The van der Waals surface area contributed by atoms with Gasteiger partial charge in [0.05, 0.1) is 31.6 Å². The van der Waals surface area contributed by atoms with Crippen molar-refractivity contribution in [3.05, 3.63) is 52.4 Å². The predicted molar refractivity (Wildman–Crippen MR) is 120 cm³/mol. The maximum absolute atomic E-state index is 12.4. The van der Waals surface area contributed by atoms with E-state index < -0.39 is 17.9 Å². The van der Waals surface area contributed by atoms with Gasteiger partial charge in [0.1, 0.15) is 18.4 Å². The molecule has 1 heterocycles. The number of carbonyl (C=O) groups excluding carboxylic acids is 3. The average Bonchev–Trinajstić information content (AvgIpc) is 3.16. The standard InChI is InChI=1S/C24H26N2O8/c1-5-31-23(28)21-15(3)22(24(29)32-6-2)26-17(21)14-34-20(27)10-8-16-7-9-18(33-12-11-25)19(13-16)30-4/h7-10,13,26H,5-6,12,14H2,1-4H3/b10-8+. The van der Waals surface area contributed by atoms with Gasteiger partial charge in [-0.3, -0.25) is 0 Å². The zero-order valence-corrected chi connectivity index (χ0v) is 19.4. The van der Waals surface area contributed by atoms with Gasteiger partial charge in [-0.2, -0.15) is 5.26 Å². The van der Waals surface area contributed by atoms with Crippen LogP contribution in [0.2, 0.25) is 0 Å². The number of H-pyrrole nitrogens is 1. The molecule has 180 valence electrons. The summed E-state index contributed by atoms with van der Waals surface area (Å²) < 4.78 is 25.8. The van der Waals surface area contributed by atoms with Gasteiger partial charge in [0, 0.05) is 6.08 Å². The summed E-state index contributed by atoms with van der Waals surface area (Å²) in [4.78, 5) is 39.7. The maximum atomic E-state index is 12.4. The first-order valence-corrected chi connectivity index (χ1v) is 10.4. The fourth-order valence-corrected chi connectivity index (χ4v) is 3.03. The number of esters is 3. The van der Waals surface area contributed by atoms with Crippen LogP contribution in [0.5, 0.6) is 11.5 Å². The number of benzene rings is 1. The van der Waals surface area contributed by atoms with Crippen LogP contribution >= 0.6 is 0 Å². The quantitative estimate of drug-likeness (QED) is 0.298. The van der Waals surface area contributed by atoms with E-state index >= 15 is 0 Å². The highest BCUT2D eigenvalue weighted by Crippen LogP contribution is 2.28. The molecule has 34 heavy (non-hydrogen) atoms. The van der Waals surface area contributed by atoms with Crippen LogP contribution < -0.4 is 9.47 Å². The van der Waals surface area contributed by atoms with Crippen LogP contribution in [0, 0.1) is 18.3 Å². The summed E-state index contributed by atoms with van der Waals surface area (Å²) in [6, 6.07) is 6.80. The maximum Gasteiger partial charge on any atom is 0.355 e. The Bertz CT molecular complexity index is 1110.